The number of nitrogens with zero attached hydrogens (tertiary/aromatic N) is 1. The highest BCUT2D eigenvalue weighted by molar-refractivity contribution is 6.02. The second kappa shape index (κ2) is 9.80. The smallest absolute Gasteiger partial charge is 0.416 e. The van der Waals surface area contributed by atoms with E-state index in [4.69, 9.17) is 4.74 Å². The van der Waals surface area contributed by atoms with E-state index in [2.05, 4.69) is 5.32 Å². The van der Waals surface area contributed by atoms with Crippen molar-refractivity contribution in [2.24, 2.45) is 0 Å². The van der Waals surface area contributed by atoms with Crippen LogP contribution in [0.25, 0.3) is 10.8 Å². The zero-order valence-electron chi connectivity index (χ0n) is 18.1. The fourth-order valence-corrected chi connectivity index (χ4v) is 3.45. The Hall–Kier alpha value is -3.83. The molecule has 0 saturated carbocycles. The van der Waals surface area contributed by atoms with E-state index in [1.807, 2.05) is 0 Å². The van der Waals surface area contributed by atoms with E-state index in [0.717, 1.165) is 0 Å². The number of fused-ring (bicyclic) bond motifs is 1. The highest BCUT2D eigenvalue weighted by Gasteiger charge is 2.37. The molecule has 3 rings (SSSR count). The fraction of sp³-hybridized carbons (Fsp3) is 0.261. The molecule has 0 unspecified atom stereocenters. The van der Waals surface area contributed by atoms with E-state index in [9.17, 15) is 40.7 Å². The van der Waals surface area contributed by atoms with E-state index in [-0.39, 0.29) is 29.6 Å². The average molecular weight is 500 g/mol. The van der Waals surface area contributed by atoms with E-state index in [1.165, 1.54) is 42.0 Å². The Bertz CT molecular complexity index is 1330. The highest BCUT2D eigenvalue weighted by atomic mass is 19.4. The van der Waals surface area contributed by atoms with Gasteiger partial charge in [-0.15, -0.1) is 0 Å². The van der Waals surface area contributed by atoms with Crippen LogP contribution in [0, 0.1) is 0 Å². The second-order valence-electron chi connectivity index (χ2n) is 7.51. The van der Waals surface area contributed by atoms with Gasteiger partial charge in [-0.25, -0.2) is 0 Å². The minimum absolute atomic E-state index is 0.0459. The van der Waals surface area contributed by atoms with Gasteiger partial charge in [-0.1, -0.05) is 6.07 Å². The van der Waals surface area contributed by atoms with Crippen molar-refractivity contribution >= 4 is 28.3 Å². The Morgan fingerprint density at radius 2 is 1.69 bits per heavy atom. The average Bonchev–Trinajstić information content (AvgIpc) is 2.74. The molecule has 35 heavy (non-hydrogen) atoms. The zero-order chi connectivity index (χ0) is 26.0. The molecule has 3 aromatic rings. The number of pyridine rings is 1. The monoisotopic (exact) mass is 500 g/mol. The van der Waals surface area contributed by atoms with Crippen molar-refractivity contribution in [3.05, 3.63) is 75.7 Å². The summed E-state index contributed by atoms with van der Waals surface area (Å²) in [5.74, 6) is -1.51. The first-order valence-electron chi connectivity index (χ1n) is 10.1. The summed E-state index contributed by atoms with van der Waals surface area (Å²) in [7, 11) is 0. The first kappa shape index (κ1) is 25.8. The molecule has 0 aliphatic heterocycles. The minimum Gasteiger partial charge on any atom is -0.464 e. The number of nitrogens with one attached hydrogen (secondary N) is 1. The Labute approximate surface area is 194 Å². The Kier molecular flexibility index (Phi) is 7.22. The van der Waals surface area contributed by atoms with Crippen LogP contribution in [0.5, 0.6) is 0 Å². The molecule has 186 valence electrons. The molecule has 0 fully saturated rings. The van der Waals surface area contributed by atoms with Crippen molar-refractivity contribution < 1.29 is 40.7 Å². The van der Waals surface area contributed by atoms with Gasteiger partial charge in [0, 0.05) is 29.6 Å². The predicted octanol–water partition coefficient (Wildman–Crippen LogP) is 4.78. The van der Waals surface area contributed by atoms with Crippen molar-refractivity contribution in [1.29, 1.82) is 0 Å². The Morgan fingerprint density at radius 3 is 2.31 bits per heavy atom. The van der Waals surface area contributed by atoms with E-state index < -0.39 is 52.9 Å². The van der Waals surface area contributed by atoms with Crippen LogP contribution in [0.15, 0.2) is 53.5 Å². The van der Waals surface area contributed by atoms with Crippen LogP contribution in [0.4, 0.5) is 32.0 Å². The summed E-state index contributed by atoms with van der Waals surface area (Å²) in [6.07, 6.45) is -9.44. The maximum absolute atomic E-state index is 13.3. The fourth-order valence-electron chi connectivity index (χ4n) is 3.45. The lowest BCUT2D eigenvalue weighted by Gasteiger charge is -2.16. The molecule has 0 saturated heterocycles. The number of hydrogen-bond donors (Lipinski definition) is 1. The number of rotatable bonds is 6. The summed E-state index contributed by atoms with van der Waals surface area (Å²) in [6, 6.07) is 6.67. The van der Waals surface area contributed by atoms with E-state index >= 15 is 0 Å². The molecule has 0 bridgehead atoms. The molecule has 1 heterocycles. The lowest BCUT2D eigenvalue weighted by atomic mass is 10.00. The van der Waals surface area contributed by atoms with Crippen LogP contribution in [0.3, 0.4) is 0 Å². The number of ether oxygens (including phenoxy) is 1. The molecule has 6 nitrogen and oxygen atoms in total. The molecule has 1 N–H and O–H groups in total. The zero-order valence-corrected chi connectivity index (χ0v) is 18.1. The highest BCUT2D eigenvalue weighted by Crippen LogP contribution is 2.37. The van der Waals surface area contributed by atoms with Gasteiger partial charge >= 0.3 is 18.3 Å². The molecule has 0 aliphatic carbocycles. The number of carbonyl (C=O) groups is 2. The molecule has 1 amide bonds. The third kappa shape index (κ3) is 6.19. The second-order valence-corrected chi connectivity index (χ2v) is 7.51. The number of carbonyl (C=O) groups excluding carboxylic acids is 2. The van der Waals surface area contributed by atoms with Gasteiger partial charge in [-0.2, -0.15) is 26.3 Å². The summed E-state index contributed by atoms with van der Waals surface area (Å²) in [4.78, 5) is 36.1. The molecule has 12 heteroatoms. The number of anilines is 1. The third-order valence-electron chi connectivity index (χ3n) is 5.02. The number of benzene rings is 2. The molecule has 1 aromatic heterocycles. The summed E-state index contributed by atoms with van der Waals surface area (Å²) < 4.78 is 85.0. The largest absolute Gasteiger partial charge is 0.464 e. The van der Waals surface area contributed by atoms with Crippen LogP contribution >= 0.6 is 0 Å². The van der Waals surface area contributed by atoms with Crippen molar-refractivity contribution in [2.75, 3.05) is 11.9 Å². The Balaban J connectivity index is 1.89. The number of amides is 1. The summed E-state index contributed by atoms with van der Waals surface area (Å²) in [6.45, 7) is 1.24. The third-order valence-corrected chi connectivity index (χ3v) is 5.02. The number of alkyl halides is 6. The molecular formula is C23H18F6N2O4. The maximum atomic E-state index is 13.3. The van der Waals surface area contributed by atoms with Crippen LogP contribution in [-0.2, 0) is 39.6 Å². The van der Waals surface area contributed by atoms with Gasteiger partial charge in [0.2, 0.25) is 5.91 Å². The quantitative estimate of drug-likeness (QED) is 0.390. The molecule has 0 atom stereocenters. The summed E-state index contributed by atoms with van der Waals surface area (Å²) in [5, 5.41) is 2.81. The van der Waals surface area contributed by atoms with Crippen molar-refractivity contribution in [1.82, 2.24) is 4.57 Å². The topological polar surface area (TPSA) is 77.4 Å². The molecule has 0 radical (unpaired) electrons. The van der Waals surface area contributed by atoms with Crippen LogP contribution < -0.4 is 10.9 Å². The predicted molar refractivity (Wildman–Crippen MR) is 114 cm³/mol. The number of halogens is 6. The molecule has 0 aliphatic rings. The molecular weight excluding hydrogens is 482 g/mol. The van der Waals surface area contributed by atoms with Crippen LogP contribution in [0.2, 0.25) is 0 Å². The van der Waals surface area contributed by atoms with E-state index in [1.54, 1.807) is 0 Å². The van der Waals surface area contributed by atoms with Gasteiger partial charge in [0.1, 0.15) is 6.61 Å². The van der Waals surface area contributed by atoms with Crippen molar-refractivity contribution in [3.63, 3.8) is 0 Å². The van der Waals surface area contributed by atoms with Gasteiger partial charge in [0.15, 0.2) is 0 Å². The van der Waals surface area contributed by atoms with Crippen molar-refractivity contribution in [3.8, 4) is 0 Å². The Morgan fingerprint density at radius 1 is 0.971 bits per heavy atom. The van der Waals surface area contributed by atoms with Gasteiger partial charge in [0.25, 0.3) is 5.56 Å². The first-order chi connectivity index (χ1) is 16.3. The normalized spacial score (nSPS) is 12.0. The van der Waals surface area contributed by atoms with Gasteiger partial charge in [-0.3, -0.25) is 14.4 Å². The SMILES string of the molecule is CC(=O)OCCn1ccc2c(NC(=O)Cc3cc(C(F)(F)F)ccc3C(F)(F)F)cccc2c1=O. The van der Waals surface area contributed by atoms with Crippen molar-refractivity contribution in [2.45, 2.75) is 32.2 Å². The van der Waals surface area contributed by atoms with Crippen LogP contribution in [0.1, 0.15) is 23.6 Å². The number of aromatic nitrogens is 1. The summed E-state index contributed by atoms with van der Waals surface area (Å²) in [5.41, 5.74) is -3.87. The lowest BCUT2D eigenvalue weighted by molar-refractivity contribution is -0.142. The number of hydrogen-bond acceptors (Lipinski definition) is 4. The molecule has 2 aromatic carbocycles. The van der Waals surface area contributed by atoms with Gasteiger partial charge in [0.05, 0.1) is 24.1 Å². The van der Waals surface area contributed by atoms with Gasteiger partial charge in [-0.05, 0) is 42.0 Å². The summed E-state index contributed by atoms with van der Waals surface area (Å²) >= 11 is 0. The van der Waals surface area contributed by atoms with Crippen LogP contribution in [-0.4, -0.2) is 23.1 Å². The van der Waals surface area contributed by atoms with E-state index in [0.29, 0.717) is 18.2 Å². The number of esters is 1. The van der Waals surface area contributed by atoms with Gasteiger partial charge < -0.3 is 14.6 Å². The lowest BCUT2D eigenvalue weighted by Crippen LogP contribution is -2.23. The molecule has 0 spiro atoms. The standard InChI is InChI=1S/C23H18F6N2O4/c1-13(32)35-10-9-31-8-7-16-17(21(31)34)3-2-4-19(16)30-20(33)12-14-11-15(22(24,25)26)5-6-18(14)23(27,28)29/h2-8,11H,9-10,12H2,1H3,(H,30,33). The maximum Gasteiger partial charge on any atom is 0.416 e. The minimum atomic E-state index is -4.96. The first-order valence-corrected chi connectivity index (χ1v) is 10.1.